The van der Waals surface area contributed by atoms with Crippen LogP contribution in [0.4, 0.5) is 0 Å². The number of thioether (sulfide) groups is 1. The van der Waals surface area contributed by atoms with Crippen molar-refractivity contribution in [2.45, 2.75) is 95.0 Å². The van der Waals surface area contributed by atoms with Crippen LogP contribution in [0.2, 0.25) is 0 Å². The van der Waals surface area contributed by atoms with Crippen LogP contribution in [0.1, 0.15) is 57.1 Å². The highest BCUT2D eigenvalue weighted by Crippen LogP contribution is 2.21. The van der Waals surface area contributed by atoms with Gasteiger partial charge in [0.25, 0.3) is 5.91 Å². The lowest BCUT2D eigenvalue weighted by atomic mass is 10.0. The van der Waals surface area contributed by atoms with Gasteiger partial charge in [0, 0.05) is 25.8 Å². The van der Waals surface area contributed by atoms with Crippen molar-refractivity contribution in [1.29, 1.82) is 0 Å². The van der Waals surface area contributed by atoms with E-state index < -0.39 is 90.1 Å². The number of carbonyl (C=O) groups is 8. The molecule has 6 atom stereocenters. The number of nitrogens with two attached hydrogens (primary N) is 3. The lowest BCUT2D eigenvalue weighted by Crippen LogP contribution is -2.59. The number of hydrazine groups is 1. The zero-order valence-electron chi connectivity index (χ0n) is 34.1. The molecule has 3 rings (SSSR count). The number of likely N-dealkylation sites (tertiary alicyclic amines) is 1. The van der Waals surface area contributed by atoms with E-state index in [0.717, 1.165) is 0 Å². The molecule has 1 fully saturated rings. The van der Waals surface area contributed by atoms with Crippen LogP contribution in [-0.4, -0.2) is 119 Å². The molecule has 2 aromatic rings. The van der Waals surface area contributed by atoms with Crippen molar-refractivity contribution >= 4 is 59.0 Å². The second kappa shape index (κ2) is 24.4. The molecule has 0 radical (unpaired) electrons. The normalized spacial score (nSPS) is 16.1. The minimum Gasteiger partial charge on any atom is -0.508 e. The third kappa shape index (κ3) is 15.5. The Kier molecular flexibility index (Phi) is 19.8. The minimum atomic E-state index is -1.35. The number of aromatic hydroxyl groups is 1. The van der Waals surface area contributed by atoms with E-state index in [2.05, 4.69) is 32.0 Å². The molecule has 1 heterocycles. The molecule has 328 valence electrons. The maximum Gasteiger partial charge on any atom is 0.256 e. The van der Waals surface area contributed by atoms with E-state index >= 15 is 0 Å². The molecule has 0 saturated carbocycles. The van der Waals surface area contributed by atoms with Crippen LogP contribution >= 0.6 is 11.8 Å². The van der Waals surface area contributed by atoms with Crippen molar-refractivity contribution in [1.82, 2.24) is 36.9 Å². The Balaban J connectivity index is 1.88. The Hall–Kier alpha value is -5.73. The first-order chi connectivity index (χ1) is 28.6. The number of nitrogens with one attached hydrogen (secondary N) is 6. The van der Waals surface area contributed by atoms with Crippen LogP contribution < -0.4 is 49.3 Å². The van der Waals surface area contributed by atoms with E-state index in [1.54, 1.807) is 42.5 Å². The van der Waals surface area contributed by atoms with Gasteiger partial charge >= 0.3 is 0 Å². The van der Waals surface area contributed by atoms with E-state index in [0.29, 0.717) is 23.3 Å². The Morgan fingerprint density at radius 3 is 1.92 bits per heavy atom. The molecule has 0 aromatic heterocycles. The molecule has 1 aliphatic rings. The fourth-order valence-corrected chi connectivity index (χ4v) is 7.07. The van der Waals surface area contributed by atoms with Crippen LogP contribution in [0.15, 0.2) is 54.6 Å². The smallest absolute Gasteiger partial charge is 0.256 e. The SMILES string of the molecule is CSCC[C@H](NC(=O)[C@H](CC(C)C)N1CC[C@@H](NC(=O)[C@H](Cc2ccccc2)NC(=O)[C@H](Cc2ccc(O)cc2)NC(=O)[C@H](CCC(N)=O)NC(=O)CN)C1=O)C(=O)NN. The number of phenolic OH excluding ortho intramolecular Hbond substituents is 1. The van der Waals surface area contributed by atoms with Gasteiger partial charge in [-0.15, -0.1) is 0 Å². The Morgan fingerprint density at radius 2 is 1.35 bits per heavy atom. The molecule has 19 nitrogen and oxygen atoms in total. The number of phenols is 1. The summed E-state index contributed by atoms with van der Waals surface area (Å²) >= 11 is 1.49. The molecule has 60 heavy (non-hydrogen) atoms. The number of rotatable bonds is 24. The summed E-state index contributed by atoms with van der Waals surface area (Å²) in [7, 11) is 0. The third-order valence-electron chi connectivity index (χ3n) is 9.76. The van der Waals surface area contributed by atoms with Gasteiger partial charge in [-0.1, -0.05) is 56.3 Å². The molecule has 20 heteroatoms. The Bertz CT molecular complexity index is 1800. The van der Waals surface area contributed by atoms with Crippen molar-refractivity contribution < 1.29 is 43.5 Å². The van der Waals surface area contributed by atoms with E-state index in [1.807, 2.05) is 20.1 Å². The van der Waals surface area contributed by atoms with E-state index in [4.69, 9.17) is 17.3 Å². The van der Waals surface area contributed by atoms with Crippen LogP contribution in [0.3, 0.4) is 0 Å². The summed E-state index contributed by atoms with van der Waals surface area (Å²) in [6.07, 6.45) is 2.01. The fourth-order valence-electron chi connectivity index (χ4n) is 6.60. The van der Waals surface area contributed by atoms with Crippen LogP contribution in [-0.2, 0) is 51.2 Å². The second-order valence-electron chi connectivity index (χ2n) is 14.9. The Labute approximate surface area is 353 Å². The molecular weight excluding hydrogens is 797 g/mol. The number of benzene rings is 2. The average Bonchev–Trinajstić information content (AvgIpc) is 3.58. The molecule has 2 aromatic carbocycles. The van der Waals surface area contributed by atoms with E-state index in [9.17, 15) is 43.5 Å². The standard InChI is InChI=1S/C40H58N10O9S/c1-23(2)19-32(39(58)45-28(16-18-60-3)38(57)49-43)50-17-15-29(40(50)59)46-36(55)30(20-24-7-5-4-6-8-24)48-37(56)31(21-25-9-11-26(51)12-10-25)47-35(54)27(13-14-33(42)52)44-34(53)22-41/h4-12,23,27-32,51H,13-22,41,43H2,1-3H3,(H2,42,52)(H,44,53)(H,45,58)(H,46,55)(H,47,54)(H,48,56)(H,49,57)/t27-,28-,29+,30-,31-,32-/m0/s1. The molecule has 0 spiro atoms. The zero-order valence-corrected chi connectivity index (χ0v) is 34.9. The fraction of sp³-hybridized carbons (Fsp3) is 0.500. The summed E-state index contributed by atoms with van der Waals surface area (Å²) in [5, 5.41) is 23.1. The van der Waals surface area contributed by atoms with Gasteiger partial charge in [0.2, 0.25) is 41.4 Å². The predicted molar refractivity (Wildman–Crippen MR) is 224 cm³/mol. The van der Waals surface area contributed by atoms with E-state index in [1.165, 1.54) is 28.8 Å². The van der Waals surface area contributed by atoms with Gasteiger partial charge in [-0.2, -0.15) is 11.8 Å². The van der Waals surface area contributed by atoms with Gasteiger partial charge in [-0.3, -0.25) is 43.8 Å². The number of nitrogens with zero attached hydrogens (tertiary/aromatic N) is 1. The van der Waals surface area contributed by atoms with Crippen molar-refractivity contribution in [3.63, 3.8) is 0 Å². The number of amides is 8. The van der Waals surface area contributed by atoms with Gasteiger partial charge in [0.1, 0.15) is 42.0 Å². The summed E-state index contributed by atoms with van der Waals surface area (Å²) in [4.78, 5) is 107. The maximum absolute atomic E-state index is 14.2. The monoisotopic (exact) mass is 854 g/mol. The van der Waals surface area contributed by atoms with Crippen molar-refractivity contribution in [2.24, 2.45) is 23.2 Å². The van der Waals surface area contributed by atoms with Gasteiger partial charge in [0.15, 0.2) is 0 Å². The van der Waals surface area contributed by atoms with Gasteiger partial charge in [-0.05, 0) is 66.9 Å². The molecule has 1 aliphatic heterocycles. The number of carbonyl (C=O) groups excluding carboxylic acids is 8. The summed E-state index contributed by atoms with van der Waals surface area (Å²) < 4.78 is 0. The summed E-state index contributed by atoms with van der Waals surface area (Å²) in [5.74, 6) is 0.516. The lowest BCUT2D eigenvalue weighted by Gasteiger charge is -2.30. The van der Waals surface area contributed by atoms with Gasteiger partial charge in [0.05, 0.1) is 6.54 Å². The summed E-state index contributed by atoms with van der Waals surface area (Å²) in [6, 6.07) is 7.82. The largest absolute Gasteiger partial charge is 0.508 e. The molecular formula is C40H58N10O9S. The highest BCUT2D eigenvalue weighted by molar-refractivity contribution is 7.98. The zero-order chi connectivity index (χ0) is 44.4. The van der Waals surface area contributed by atoms with E-state index in [-0.39, 0.29) is 56.7 Å². The van der Waals surface area contributed by atoms with Gasteiger partial charge < -0.3 is 48.1 Å². The topological polar surface area (TPSA) is 310 Å². The first kappa shape index (κ1) is 48.6. The molecule has 0 bridgehead atoms. The van der Waals surface area contributed by atoms with Crippen LogP contribution in [0.5, 0.6) is 5.75 Å². The molecule has 8 amide bonds. The summed E-state index contributed by atoms with van der Waals surface area (Å²) in [6.45, 7) is 3.46. The van der Waals surface area contributed by atoms with Crippen LogP contribution in [0.25, 0.3) is 0 Å². The third-order valence-corrected chi connectivity index (χ3v) is 10.4. The summed E-state index contributed by atoms with van der Waals surface area (Å²) in [5.41, 5.74) is 14.0. The highest BCUT2D eigenvalue weighted by Gasteiger charge is 2.41. The van der Waals surface area contributed by atoms with Crippen molar-refractivity contribution in [2.75, 3.05) is 25.1 Å². The molecule has 0 unspecified atom stereocenters. The maximum atomic E-state index is 14.2. The molecule has 0 aliphatic carbocycles. The lowest BCUT2D eigenvalue weighted by molar-refractivity contribution is -0.141. The Morgan fingerprint density at radius 1 is 0.783 bits per heavy atom. The van der Waals surface area contributed by atoms with Crippen LogP contribution in [0, 0.1) is 5.92 Å². The number of hydrogen-bond acceptors (Lipinski definition) is 12. The van der Waals surface area contributed by atoms with Gasteiger partial charge in [-0.25, -0.2) is 5.84 Å². The second-order valence-corrected chi connectivity index (χ2v) is 15.9. The quantitative estimate of drug-likeness (QED) is 0.0318. The van der Waals surface area contributed by atoms with Crippen molar-refractivity contribution in [3.8, 4) is 5.75 Å². The number of hydrogen-bond donors (Lipinski definition) is 10. The minimum absolute atomic E-state index is 0.0181. The average molecular weight is 855 g/mol. The first-order valence-corrected chi connectivity index (χ1v) is 21.1. The molecule has 13 N–H and O–H groups in total. The highest BCUT2D eigenvalue weighted by atomic mass is 32.2. The first-order valence-electron chi connectivity index (χ1n) is 19.7. The number of primary amides is 1. The predicted octanol–water partition coefficient (Wildman–Crippen LogP) is -1.78. The van der Waals surface area contributed by atoms with Crippen molar-refractivity contribution in [3.05, 3.63) is 65.7 Å². The molecule has 1 saturated heterocycles.